The Morgan fingerprint density at radius 2 is 1.57 bits per heavy atom. The highest BCUT2D eigenvalue weighted by atomic mass is 16.5. The van der Waals surface area contributed by atoms with Crippen molar-refractivity contribution in [1.29, 1.82) is 0 Å². The summed E-state index contributed by atoms with van der Waals surface area (Å²) >= 11 is 0. The molecule has 1 amide bonds. The Balaban J connectivity index is 1.78. The number of anilines is 2. The van der Waals surface area contributed by atoms with E-state index in [1.165, 1.54) is 0 Å². The summed E-state index contributed by atoms with van der Waals surface area (Å²) in [6.07, 6.45) is 0.612. The number of rotatable bonds is 9. The second-order valence-corrected chi connectivity index (χ2v) is 6.37. The van der Waals surface area contributed by atoms with Crippen LogP contribution in [0.4, 0.5) is 11.4 Å². The maximum atomic E-state index is 11.9. The van der Waals surface area contributed by atoms with Gasteiger partial charge in [-0.3, -0.25) is 9.59 Å². The highest BCUT2D eigenvalue weighted by molar-refractivity contribution is 5.92. The van der Waals surface area contributed by atoms with E-state index in [1.807, 2.05) is 43.3 Å². The third-order valence-electron chi connectivity index (χ3n) is 4.06. The highest BCUT2D eigenvalue weighted by Gasteiger charge is 2.10. The van der Waals surface area contributed by atoms with Gasteiger partial charge < -0.3 is 24.4 Å². The van der Waals surface area contributed by atoms with Gasteiger partial charge in [-0.25, -0.2) is 0 Å². The summed E-state index contributed by atoms with van der Waals surface area (Å²) in [6, 6.07) is 12.8. The molecule has 0 aliphatic heterocycles. The van der Waals surface area contributed by atoms with Crippen LogP contribution in [0.2, 0.25) is 0 Å². The molecule has 0 spiro atoms. The van der Waals surface area contributed by atoms with Crippen molar-refractivity contribution in [2.24, 2.45) is 0 Å². The minimum atomic E-state index is -0.445. The van der Waals surface area contributed by atoms with Crippen LogP contribution in [0.1, 0.15) is 12.0 Å². The van der Waals surface area contributed by atoms with Crippen LogP contribution < -0.4 is 19.7 Å². The van der Waals surface area contributed by atoms with E-state index in [0.29, 0.717) is 23.6 Å². The number of carbonyl (C=O) groups excluding carboxylic acids is 2. The predicted octanol–water partition coefficient (Wildman–Crippen LogP) is 2.88. The average molecular weight is 386 g/mol. The fraction of sp³-hybridized carbons (Fsp3) is 0.333. The summed E-state index contributed by atoms with van der Waals surface area (Å²) in [4.78, 5) is 25.8. The third-order valence-corrected chi connectivity index (χ3v) is 4.06. The molecule has 0 atom stereocenters. The molecule has 2 rings (SSSR count). The molecule has 0 bridgehead atoms. The molecule has 150 valence electrons. The zero-order valence-electron chi connectivity index (χ0n) is 16.7. The van der Waals surface area contributed by atoms with Crippen molar-refractivity contribution in [2.75, 3.05) is 45.1 Å². The van der Waals surface area contributed by atoms with Crippen LogP contribution in [0, 0.1) is 0 Å². The molecule has 0 aliphatic carbocycles. The molecule has 7 heteroatoms. The number of amides is 1. The number of nitrogens with one attached hydrogen (secondary N) is 1. The van der Waals surface area contributed by atoms with Crippen molar-refractivity contribution in [3.05, 3.63) is 48.0 Å². The van der Waals surface area contributed by atoms with E-state index in [9.17, 15) is 9.59 Å². The topological polar surface area (TPSA) is 77.1 Å². The van der Waals surface area contributed by atoms with Gasteiger partial charge >= 0.3 is 5.97 Å². The van der Waals surface area contributed by atoms with Gasteiger partial charge in [-0.05, 0) is 48.4 Å². The van der Waals surface area contributed by atoms with Crippen LogP contribution >= 0.6 is 0 Å². The van der Waals surface area contributed by atoms with Gasteiger partial charge in [0.25, 0.3) is 5.91 Å². The Kier molecular flexibility index (Phi) is 7.68. The lowest BCUT2D eigenvalue weighted by Gasteiger charge is -2.13. The van der Waals surface area contributed by atoms with E-state index in [-0.39, 0.29) is 18.9 Å². The quantitative estimate of drug-likeness (QED) is 0.668. The summed E-state index contributed by atoms with van der Waals surface area (Å²) < 4.78 is 15.5. The monoisotopic (exact) mass is 386 g/mol. The zero-order chi connectivity index (χ0) is 20.5. The first kappa shape index (κ1) is 21.1. The molecule has 0 radical (unpaired) electrons. The van der Waals surface area contributed by atoms with Gasteiger partial charge in [0.05, 0.1) is 14.2 Å². The molecule has 0 aromatic heterocycles. The summed E-state index contributed by atoms with van der Waals surface area (Å²) in [5.41, 5.74) is 2.56. The lowest BCUT2D eigenvalue weighted by Crippen LogP contribution is -2.21. The molecule has 7 nitrogen and oxygen atoms in total. The number of ether oxygens (including phenoxy) is 3. The van der Waals surface area contributed by atoms with Gasteiger partial charge in [0.1, 0.15) is 11.5 Å². The van der Waals surface area contributed by atoms with Crippen molar-refractivity contribution in [3.63, 3.8) is 0 Å². The number of carbonyl (C=O) groups is 2. The van der Waals surface area contributed by atoms with Crippen molar-refractivity contribution >= 4 is 23.3 Å². The van der Waals surface area contributed by atoms with Crippen molar-refractivity contribution < 1.29 is 23.8 Å². The molecule has 0 saturated carbocycles. The van der Waals surface area contributed by atoms with Crippen LogP contribution in [0.25, 0.3) is 0 Å². The van der Waals surface area contributed by atoms with E-state index in [2.05, 4.69) is 5.32 Å². The number of aryl methyl sites for hydroxylation is 1. The van der Waals surface area contributed by atoms with Gasteiger partial charge in [0.2, 0.25) is 0 Å². The fourth-order valence-electron chi connectivity index (χ4n) is 2.52. The summed E-state index contributed by atoms with van der Waals surface area (Å²) in [6.45, 7) is -0.324. The van der Waals surface area contributed by atoms with E-state index in [1.54, 1.807) is 32.4 Å². The number of hydrogen-bond donors (Lipinski definition) is 1. The molecule has 0 aliphatic rings. The fourth-order valence-corrected chi connectivity index (χ4v) is 2.52. The van der Waals surface area contributed by atoms with Crippen LogP contribution in [0.15, 0.2) is 42.5 Å². The van der Waals surface area contributed by atoms with Crippen LogP contribution in [0.5, 0.6) is 11.5 Å². The normalized spacial score (nSPS) is 10.1. The largest absolute Gasteiger partial charge is 0.497 e. The molecule has 0 fully saturated rings. The van der Waals surface area contributed by atoms with E-state index in [0.717, 1.165) is 11.3 Å². The molecule has 28 heavy (non-hydrogen) atoms. The smallest absolute Gasteiger partial charge is 0.306 e. The lowest BCUT2D eigenvalue weighted by molar-refractivity contribution is -0.147. The van der Waals surface area contributed by atoms with E-state index >= 15 is 0 Å². The first-order valence-corrected chi connectivity index (χ1v) is 8.86. The Bertz CT molecular complexity index is 781. The summed E-state index contributed by atoms with van der Waals surface area (Å²) in [7, 11) is 7.02. The molecule has 0 unspecified atom stereocenters. The zero-order valence-corrected chi connectivity index (χ0v) is 16.7. The highest BCUT2D eigenvalue weighted by Crippen LogP contribution is 2.23. The standard InChI is InChI=1S/C21H26N2O5/c1-23(2)17-8-6-16(7-9-17)22-20(24)14-28-21(25)10-5-15-11-18(26-3)13-19(12-15)27-4/h6-9,11-13H,5,10,14H2,1-4H3,(H,22,24). The molecular formula is C21H26N2O5. The molecule has 0 saturated heterocycles. The predicted molar refractivity (Wildman–Crippen MR) is 108 cm³/mol. The Labute approximate surface area is 165 Å². The first-order valence-electron chi connectivity index (χ1n) is 8.86. The van der Waals surface area contributed by atoms with E-state index < -0.39 is 5.97 Å². The maximum Gasteiger partial charge on any atom is 0.306 e. The molecule has 2 aromatic carbocycles. The van der Waals surface area contributed by atoms with Gasteiger partial charge in [-0.2, -0.15) is 0 Å². The SMILES string of the molecule is COc1cc(CCC(=O)OCC(=O)Nc2ccc(N(C)C)cc2)cc(OC)c1. The minimum absolute atomic E-state index is 0.154. The number of hydrogen-bond acceptors (Lipinski definition) is 6. The Hall–Kier alpha value is -3.22. The Morgan fingerprint density at radius 1 is 0.964 bits per heavy atom. The number of methoxy groups -OCH3 is 2. The van der Waals surface area contributed by atoms with Gasteiger partial charge in [0.15, 0.2) is 6.61 Å². The van der Waals surface area contributed by atoms with Gasteiger partial charge in [0, 0.05) is 38.0 Å². The summed E-state index contributed by atoms with van der Waals surface area (Å²) in [5, 5.41) is 2.70. The third kappa shape index (κ3) is 6.50. The van der Waals surface area contributed by atoms with E-state index in [4.69, 9.17) is 14.2 Å². The van der Waals surface area contributed by atoms with Crippen LogP contribution in [-0.2, 0) is 20.7 Å². The lowest BCUT2D eigenvalue weighted by atomic mass is 10.1. The Morgan fingerprint density at radius 3 is 2.11 bits per heavy atom. The molecular weight excluding hydrogens is 360 g/mol. The maximum absolute atomic E-state index is 11.9. The molecule has 0 heterocycles. The number of benzene rings is 2. The second kappa shape index (κ2) is 10.2. The number of esters is 1. The van der Waals surface area contributed by atoms with Crippen LogP contribution in [0.3, 0.4) is 0 Å². The van der Waals surface area contributed by atoms with Crippen molar-refractivity contribution in [3.8, 4) is 11.5 Å². The van der Waals surface area contributed by atoms with Crippen molar-refractivity contribution in [1.82, 2.24) is 0 Å². The van der Waals surface area contributed by atoms with Crippen LogP contribution in [-0.4, -0.2) is 46.8 Å². The van der Waals surface area contributed by atoms with Crippen molar-refractivity contribution in [2.45, 2.75) is 12.8 Å². The first-order chi connectivity index (χ1) is 13.4. The average Bonchev–Trinajstić information content (AvgIpc) is 2.70. The molecule has 1 N–H and O–H groups in total. The second-order valence-electron chi connectivity index (χ2n) is 6.37. The number of nitrogens with zero attached hydrogens (tertiary/aromatic N) is 1. The minimum Gasteiger partial charge on any atom is -0.497 e. The molecule has 2 aromatic rings. The van der Waals surface area contributed by atoms with Gasteiger partial charge in [-0.1, -0.05) is 0 Å². The summed E-state index contributed by atoms with van der Waals surface area (Å²) in [5.74, 6) is 0.485. The van der Waals surface area contributed by atoms with Gasteiger partial charge in [-0.15, -0.1) is 0 Å².